The highest BCUT2D eigenvalue weighted by atomic mass is 16.4. The van der Waals surface area contributed by atoms with Crippen LogP contribution in [0, 0.1) is 0 Å². The lowest BCUT2D eigenvalue weighted by Crippen LogP contribution is -1.93. The second-order valence-electron chi connectivity index (χ2n) is 19.1. The normalized spacial score (nSPS) is 12.4. The van der Waals surface area contributed by atoms with Gasteiger partial charge in [-0.1, -0.05) is 103 Å². The summed E-state index contributed by atoms with van der Waals surface area (Å²) in [5.74, 6) is 0. The number of aromatic nitrogens is 2. The van der Waals surface area contributed by atoms with Gasteiger partial charge >= 0.3 is 0 Å². The van der Waals surface area contributed by atoms with Gasteiger partial charge in [0.1, 0.15) is 44.7 Å². The van der Waals surface area contributed by atoms with E-state index in [0.29, 0.717) is 0 Å². The summed E-state index contributed by atoms with van der Waals surface area (Å²) in [5, 5.41) is 13.2. The summed E-state index contributed by atoms with van der Waals surface area (Å²) in [6, 6.07) is 77.7. The average molecular weight is 921 g/mol. The van der Waals surface area contributed by atoms with E-state index in [4.69, 9.17) is 17.7 Å². The second-order valence-corrected chi connectivity index (χ2v) is 19.1. The maximum absolute atomic E-state index is 6.77. The molecule has 0 saturated carbocycles. The molecule has 6 aromatic heterocycles. The fourth-order valence-electron chi connectivity index (χ4n) is 12.1. The van der Waals surface area contributed by atoms with Gasteiger partial charge < -0.3 is 26.8 Å². The number of fused-ring (bicyclic) bond motifs is 20. The first-order valence-electron chi connectivity index (χ1n) is 24.4. The summed E-state index contributed by atoms with van der Waals surface area (Å²) in [4.78, 5) is 0. The van der Waals surface area contributed by atoms with Crippen molar-refractivity contribution in [2.75, 3.05) is 0 Å². The van der Waals surface area contributed by atoms with Crippen LogP contribution < -0.4 is 0 Å². The number of hydrogen-bond donors (Lipinski definition) is 0. The molecule has 0 amide bonds. The lowest BCUT2D eigenvalue weighted by Gasteiger charge is -2.07. The van der Waals surface area contributed by atoms with E-state index in [1.54, 1.807) is 0 Å². The molecule has 0 saturated heterocycles. The minimum Gasteiger partial charge on any atom is -0.456 e. The monoisotopic (exact) mass is 920 g/mol. The molecule has 6 nitrogen and oxygen atoms in total. The minimum atomic E-state index is 0.799. The summed E-state index contributed by atoms with van der Waals surface area (Å²) in [6.45, 7) is 0. The van der Waals surface area contributed by atoms with E-state index in [1.807, 2.05) is 0 Å². The standard InChI is InChI=1S/C66H36N2O4/c1-5-16-53-43(12-1)44-13-2-6-17-54(44)67(53)41-22-28-57-49(35-41)47-24-30-61-63(65(47)71-57)51-33-39(20-26-59(51)69-61)37-10-9-11-38(32-37)40-21-27-60-52(34-40)64-62(70-60)31-25-48-50-36-42(23-29-58(50)72-66(48)64)68-55-18-7-3-14-45(55)46-15-4-8-19-56(46)68/h1-36H. The molecular formula is C66H36N2O4. The van der Waals surface area contributed by atoms with Crippen LogP contribution in [0.5, 0.6) is 0 Å². The molecule has 0 fully saturated rings. The number of para-hydroxylation sites is 4. The van der Waals surface area contributed by atoms with E-state index in [0.717, 1.165) is 121 Å². The van der Waals surface area contributed by atoms with Crippen LogP contribution in [0.15, 0.2) is 236 Å². The molecule has 11 aromatic carbocycles. The van der Waals surface area contributed by atoms with Gasteiger partial charge in [0.25, 0.3) is 0 Å². The zero-order chi connectivity index (χ0) is 46.8. The Hall–Kier alpha value is -9.78. The Morgan fingerprint density at radius 2 is 0.583 bits per heavy atom. The van der Waals surface area contributed by atoms with E-state index in [9.17, 15) is 0 Å². The third kappa shape index (κ3) is 5.16. The third-order valence-corrected chi connectivity index (χ3v) is 15.3. The fourth-order valence-corrected chi connectivity index (χ4v) is 12.1. The van der Waals surface area contributed by atoms with Crippen LogP contribution in [-0.2, 0) is 0 Å². The predicted molar refractivity (Wildman–Crippen MR) is 295 cm³/mol. The quantitative estimate of drug-likeness (QED) is 0.176. The number of nitrogens with zero attached hydrogens (tertiary/aromatic N) is 2. The van der Waals surface area contributed by atoms with Gasteiger partial charge in [-0.25, -0.2) is 0 Å². The average Bonchev–Trinajstić information content (AvgIpc) is 4.29. The molecule has 72 heavy (non-hydrogen) atoms. The molecule has 0 atom stereocenters. The Labute approximate surface area is 408 Å². The molecule has 17 rings (SSSR count). The van der Waals surface area contributed by atoms with Crippen molar-refractivity contribution in [1.82, 2.24) is 9.13 Å². The van der Waals surface area contributed by atoms with Crippen LogP contribution in [0.2, 0.25) is 0 Å². The Morgan fingerprint density at radius 3 is 1.01 bits per heavy atom. The van der Waals surface area contributed by atoms with Gasteiger partial charge in [-0.2, -0.15) is 0 Å². The van der Waals surface area contributed by atoms with Crippen LogP contribution >= 0.6 is 0 Å². The molecule has 0 N–H and O–H groups in total. The van der Waals surface area contributed by atoms with Gasteiger partial charge in [0.2, 0.25) is 0 Å². The fraction of sp³-hybridized carbons (Fsp3) is 0. The van der Waals surface area contributed by atoms with Crippen molar-refractivity contribution in [2.45, 2.75) is 0 Å². The molecule has 0 bridgehead atoms. The summed E-state index contributed by atoms with van der Waals surface area (Å²) in [7, 11) is 0. The van der Waals surface area contributed by atoms with Crippen LogP contribution in [0.3, 0.4) is 0 Å². The van der Waals surface area contributed by atoms with Crippen molar-refractivity contribution in [2.24, 2.45) is 0 Å². The molecule has 0 spiro atoms. The molecule has 6 heterocycles. The summed E-state index contributed by atoms with van der Waals surface area (Å²) < 4.78 is 31.3. The first-order valence-corrected chi connectivity index (χ1v) is 24.4. The van der Waals surface area contributed by atoms with Crippen LogP contribution in [0.4, 0.5) is 0 Å². The molecule has 17 aromatic rings. The van der Waals surface area contributed by atoms with E-state index < -0.39 is 0 Å². The Bertz CT molecular complexity index is 4760. The van der Waals surface area contributed by atoms with Crippen molar-refractivity contribution in [3.63, 3.8) is 0 Å². The molecule has 6 heteroatoms. The number of benzene rings is 11. The first-order chi connectivity index (χ1) is 35.7. The van der Waals surface area contributed by atoms with Crippen molar-refractivity contribution in [1.29, 1.82) is 0 Å². The highest BCUT2D eigenvalue weighted by Crippen LogP contribution is 2.45. The first kappa shape index (κ1) is 38.1. The van der Waals surface area contributed by atoms with Crippen LogP contribution in [0.1, 0.15) is 0 Å². The molecule has 334 valence electrons. The van der Waals surface area contributed by atoms with Crippen molar-refractivity contribution in [3.05, 3.63) is 218 Å². The summed E-state index contributed by atoms with van der Waals surface area (Å²) in [5.41, 5.74) is 17.9. The maximum Gasteiger partial charge on any atom is 0.147 e. The molecule has 0 aliphatic heterocycles. The highest BCUT2D eigenvalue weighted by Gasteiger charge is 2.21. The van der Waals surface area contributed by atoms with Gasteiger partial charge in [-0.15, -0.1) is 0 Å². The van der Waals surface area contributed by atoms with Gasteiger partial charge in [0.05, 0.1) is 32.8 Å². The lowest BCUT2D eigenvalue weighted by atomic mass is 9.97. The smallest absolute Gasteiger partial charge is 0.147 e. The maximum atomic E-state index is 6.77. The number of hydrogen-bond acceptors (Lipinski definition) is 4. The van der Waals surface area contributed by atoms with E-state index in [2.05, 4.69) is 228 Å². The largest absolute Gasteiger partial charge is 0.456 e. The Balaban J connectivity index is 0.767. The SMILES string of the molecule is c1cc(-c2ccc3oc4ccc5c6cc(-n7c8ccccc8c8ccccc87)ccc6oc5c4c3c2)cc(-c2ccc3oc4ccc5c6cc(-n7c8ccccc8c8ccccc87)ccc6oc5c4c3c2)c1. The summed E-state index contributed by atoms with van der Waals surface area (Å²) in [6.07, 6.45) is 0. The van der Waals surface area contributed by atoms with Gasteiger partial charge in [-0.3, -0.25) is 0 Å². The van der Waals surface area contributed by atoms with E-state index in [-0.39, 0.29) is 0 Å². The topological polar surface area (TPSA) is 62.4 Å². The number of furan rings is 4. The van der Waals surface area contributed by atoms with Crippen molar-refractivity contribution in [3.8, 4) is 33.6 Å². The number of rotatable bonds is 4. The molecule has 0 radical (unpaired) electrons. The highest BCUT2D eigenvalue weighted by molar-refractivity contribution is 6.24. The molecular weight excluding hydrogens is 885 g/mol. The third-order valence-electron chi connectivity index (χ3n) is 15.3. The Morgan fingerprint density at radius 1 is 0.222 bits per heavy atom. The molecule has 0 aliphatic carbocycles. The second kappa shape index (κ2) is 13.9. The van der Waals surface area contributed by atoms with E-state index in [1.165, 1.54) is 43.6 Å². The van der Waals surface area contributed by atoms with Crippen molar-refractivity contribution >= 4 is 131 Å². The van der Waals surface area contributed by atoms with Crippen LogP contribution in [-0.4, -0.2) is 9.13 Å². The van der Waals surface area contributed by atoms with Gasteiger partial charge in [0, 0.05) is 65.2 Å². The zero-order valence-electron chi connectivity index (χ0n) is 38.3. The predicted octanol–water partition coefficient (Wildman–Crippen LogP) is 18.8. The van der Waals surface area contributed by atoms with Crippen LogP contribution in [0.25, 0.3) is 165 Å². The molecule has 0 unspecified atom stereocenters. The molecule has 0 aliphatic rings. The lowest BCUT2D eigenvalue weighted by molar-refractivity contribution is 0.662. The van der Waals surface area contributed by atoms with Gasteiger partial charge in [0.15, 0.2) is 0 Å². The van der Waals surface area contributed by atoms with E-state index >= 15 is 0 Å². The summed E-state index contributed by atoms with van der Waals surface area (Å²) >= 11 is 0. The Kier molecular flexibility index (Phi) is 7.38. The minimum absolute atomic E-state index is 0.799. The zero-order valence-corrected chi connectivity index (χ0v) is 38.3. The van der Waals surface area contributed by atoms with Crippen molar-refractivity contribution < 1.29 is 17.7 Å². The van der Waals surface area contributed by atoms with Gasteiger partial charge in [-0.05, 0) is 138 Å².